The van der Waals surface area contributed by atoms with E-state index in [4.69, 9.17) is 14.4 Å². The first-order chi connectivity index (χ1) is 60.5. The van der Waals surface area contributed by atoms with Gasteiger partial charge in [-0.1, -0.05) is 0 Å². The number of nitrogens with zero attached hydrogens (tertiary/aromatic N) is 9. The first-order valence-corrected chi connectivity index (χ1v) is 43.0. The molecular formula is C93H103BF15N9O11S. The van der Waals surface area contributed by atoms with Gasteiger partial charge in [-0.05, 0) is 271 Å². The molecule has 9 aromatic rings. The molecule has 0 radical (unpaired) electrons. The highest BCUT2D eigenvalue weighted by molar-refractivity contribution is 7.88. The van der Waals surface area contributed by atoms with Crippen LogP contribution in [0.25, 0.3) is 40.5 Å². The summed E-state index contributed by atoms with van der Waals surface area (Å²) < 4.78 is 275. The molecule has 13 rings (SSSR count). The van der Waals surface area contributed by atoms with Crippen molar-refractivity contribution in [2.24, 2.45) is 0 Å². The Morgan fingerprint density at radius 2 is 0.777 bits per heavy atom. The lowest BCUT2D eigenvalue weighted by Gasteiger charge is -2.44. The minimum Gasteiger partial charge on any atom is -0.478 e. The van der Waals surface area contributed by atoms with Crippen molar-refractivity contribution in [2.75, 3.05) is 33.9 Å². The van der Waals surface area contributed by atoms with E-state index >= 15 is 35.1 Å². The highest BCUT2D eigenvalue weighted by Crippen LogP contribution is 2.49. The summed E-state index contributed by atoms with van der Waals surface area (Å²) in [5.41, 5.74) is -7.87. The van der Waals surface area contributed by atoms with Crippen LogP contribution >= 0.6 is 0 Å². The average molecular weight is 1850 g/mol. The molecule has 700 valence electrons. The van der Waals surface area contributed by atoms with Gasteiger partial charge in [0.05, 0.1) is 55.9 Å². The molecule has 20 nitrogen and oxygen atoms in total. The zero-order chi connectivity index (χ0) is 96.3. The summed E-state index contributed by atoms with van der Waals surface area (Å²) in [5, 5.41) is 21.5. The second kappa shape index (κ2) is 40.1. The number of esters is 2. The monoisotopic (exact) mass is 1850 g/mol. The maximum atomic E-state index is 15.6. The molecule has 0 spiro atoms. The van der Waals surface area contributed by atoms with Crippen LogP contribution in [0.1, 0.15) is 196 Å². The Bertz CT molecular complexity index is 5790. The number of carbonyl (C=O) groups is 3. The molecule has 3 aromatic heterocycles. The lowest BCUT2D eigenvalue weighted by Crippen LogP contribution is -2.48. The molecule has 0 aliphatic carbocycles. The van der Waals surface area contributed by atoms with Crippen molar-refractivity contribution in [2.45, 2.75) is 220 Å². The maximum absolute atomic E-state index is 15.6. The van der Waals surface area contributed by atoms with Crippen LogP contribution < -0.4 is 9.65 Å². The number of carbonyl (C=O) groups excluding carboxylic acids is 2. The van der Waals surface area contributed by atoms with Gasteiger partial charge in [0, 0.05) is 145 Å². The summed E-state index contributed by atoms with van der Waals surface area (Å²) in [7, 11) is -4.21. The average Bonchev–Trinajstić information content (AvgIpc) is 0.778. The van der Waals surface area contributed by atoms with Gasteiger partial charge in [-0.3, -0.25) is 28.7 Å². The predicted molar refractivity (Wildman–Crippen MR) is 461 cm³/mol. The summed E-state index contributed by atoms with van der Waals surface area (Å²) in [5.74, 6) is -12.5. The highest BCUT2D eigenvalue weighted by atomic mass is 32.2. The second-order valence-corrected chi connectivity index (χ2v) is 36.6. The molecule has 7 heterocycles. The number of hydrogen-bond donors (Lipinski definition) is 1. The van der Waals surface area contributed by atoms with Gasteiger partial charge < -0.3 is 28.1 Å². The molecule has 0 saturated carbocycles. The Labute approximate surface area is 744 Å². The quantitative estimate of drug-likeness (QED) is 0.0157. The van der Waals surface area contributed by atoms with Gasteiger partial charge in [-0.25, -0.2) is 67.1 Å². The van der Waals surface area contributed by atoms with E-state index in [1.807, 2.05) is 44.8 Å². The van der Waals surface area contributed by atoms with E-state index in [2.05, 4.69) is 63.6 Å². The van der Waals surface area contributed by atoms with Gasteiger partial charge in [0.15, 0.2) is 11.6 Å². The van der Waals surface area contributed by atoms with Crippen LogP contribution in [0.15, 0.2) is 128 Å². The van der Waals surface area contributed by atoms with Crippen molar-refractivity contribution in [1.82, 2.24) is 44.0 Å². The molecule has 0 amide bonds. The predicted octanol–water partition coefficient (Wildman–Crippen LogP) is 19.2. The van der Waals surface area contributed by atoms with Crippen LogP contribution in [-0.2, 0) is 82.2 Å². The molecule has 4 aliphatic rings. The molecular weight excluding hydrogens is 1750 g/mol. The highest BCUT2D eigenvalue weighted by Gasteiger charge is 2.53. The molecule has 37 heteroatoms. The summed E-state index contributed by atoms with van der Waals surface area (Å²) in [6, 6.07) is 8.42. The molecule has 1 fully saturated rings. The van der Waals surface area contributed by atoms with Crippen LogP contribution in [0.5, 0.6) is 5.75 Å². The largest absolute Gasteiger partial charge is 0.534 e. The number of halogens is 15. The lowest BCUT2D eigenvalue weighted by molar-refractivity contribution is -0.135. The molecule has 0 bridgehead atoms. The number of rotatable bonds is 23. The topological polar surface area (TPSA) is 215 Å². The minimum absolute atomic E-state index is 0.0251. The van der Waals surface area contributed by atoms with Crippen LogP contribution in [-0.4, -0.2) is 168 Å². The van der Waals surface area contributed by atoms with Gasteiger partial charge in [0.2, 0.25) is 0 Å². The van der Waals surface area contributed by atoms with Crippen molar-refractivity contribution in [3.63, 3.8) is 0 Å². The van der Waals surface area contributed by atoms with E-state index in [1.54, 1.807) is 63.0 Å². The SMILES string of the molecule is CCn1cc(-c2cc3c(cc2F)C(c2c(F)cc(/C=C/C(=O)O)cc2F)N(CC(C)(C)F)C(C)C3)cn1.CCn1cc(-c2cc3c(cc2F)C(c2c(F)cc(/C=C/C(=O)OC)cc2F)N(CC(C)(C)F)C(C)C3)cn1.CCn1cc(B2OC(C)(C)C(C)(C)O2)cn1.COC(=O)/C=C/c1cc(F)c(C2c3cc(F)c(OS(=O)(=O)C(F)(F)F)cc3CC(C)N2CC(C)(C)F)c(F)c1. The normalized spacial score (nSPS) is 18.9. The third-order valence-electron chi connectivity index (χ3n) is 22.7. The van der Waals surface area contributed by atoms with E-state index in [1.165, 1.54) is 71.8 Å². The number of benzene rings is 6. The number of carboxylic acid groups (broad SMARTS) is 1. The smallest absolute Gasteiger partial charge is 0.478 e. The number of aryl methyl sites for hydroxylation is 3. The fraction of sp³-hybridized carbons (Fsp3) is 0.419. The number of aliphatic carboxylic acids is 1. The standard InChI is InChI=1S/C29H31F4N3O2.C28H29F4N3O2.C25H24F7NO5S.C11H19BN2O2/c1-6-35-15-20(14-34-35)21-12-19-9-17(2)36(16-29(3,4)33)28(22(19)13-23(21)30)27-24(31)10-18(11-25(27)32)7-8-26(37)38-5;1-5-34-14-19(13-33-34)20-11-18-8-16(2)35(15-28(3,4)32)27(21(18)12-22(20)29)26-23(30)9-17(10-24(26)31)6-7-25(36)37;1-13-7-15-10-20(38-39(35,36)25(30,31)32)17(26)11-16(15)23(33(13)12-24(2,3)29)22-18(27)8-14(9-19(22)28)5-6-21(34)37-4;1-6-14-8-9(7-13-14)12-15-10(2,3)11(4,5)16-12/h7-8,10-15,17,28H,6,9,16H2,1-5H3;6-7,9-14,16,27H,5,8,15H2,1-4H3,(H,36,37);5-6,8-11,13,23H,7,12H2,1-4H3;7-8H,6H2,1-5H3/b8-7+;7-6+;6-5+;. The van der Waals surface area contributed by atoms with E-state index in [0.717, 1.165) is 97.5 Å². The van der Waals surface area contributed by atoms with Crippen LogP contribution in [0.4, 0.5) is 65.9 Å². The van der Waals surface area contributed by atoms with Crippen LogP contribution in [0.3, 0.4) is 0 Å². The number of hydrogen-bond acceptors (Lipinski definition) is 16. The Hall–Kier alpha value is -10.9. The Morgan fingerprint density at radius 1 is 0.469 bits per heavy atom. The lowest BCUT2D eigenvalue weighted by atomic mass is 9.82. The molecule has 130 heavy (non-hydrogen) atoms. The van der Waals surface area contributed by atoms with E-state index < -0.39 is 138 Å². The van der Waals surface area contributed by atoms with E-state index in [0.29, 0.717) is 70.9 Å². The fourth-order valence-corrected chi connectivity index (χ4v) is 16.4. The Balaban J connectivity index is 0.000000186. The van der Waals surface area contributed by atoms with Crippen molar-refractivity contribution < 1.29 is 117 Å². The molecule has 6 atom stereocenters. The van der Waals surface area contributed by atoms with Gasteiger partial charge in [0.25, 0.3) is 0 Å². The summed E-state index contributed by atoms with van der Waals surface area (Å²) in [4.78, 5) is 38.3. The van der Waals surface area contributed by atoms with Crippen molar-refractivity contribution >= 4 is 58.8 Å². The summed E-state index contributed by atoms with van der Waals surface area (Å²) in [6.07, 6.45) is 17.4. The van der Waals surface area contributed by atoms with Crippen molar-refractivity contribution in [3.8, 4) is 28.0 Å². The summed E-state index contributed by atoms with van der Waals surface area (Å²) >= 11 is 0. The van der Waals surface area contributed by atoms with Gasteiger partial charge >= 0.3 is 40.7 Å². The number of aromatic nitrogens is 6. The molecule has 4 aliphatic heterocycles. The van der Waals surface area contributed by atoms with Gasteiger partial charge in [0.1, 0.15) is 63.5 Å². The molecule has 6 aromatic carbocycles. The zero-order valence-electron chi connectivity index (χ0n) is 74.9. The first-order valence-electron chi connectivity index (χ1n) is 41.6. The number of fused-ring (bicyclic) bond motifs is 3. The first kappa shape index (κ1) is 101. The number of alkyl halides is 6. The number of methoxy groups -OCH3 is 2. The minimum atomic E-state index is -6.21. The molecule has 1 N–H and O–H groups in total. The van der Waals surface area contributed by atoms with Gasteiger partial charge in [-0.15, -0.1) is 0 Å². The third-order valence-corrected chi connectivity index (χ3v) is 23.7. The van der Waals surface area contributed by atoms with Gasteiger partial charge in [-0.2, -0.15) is 36.9 Å². The van der Waals surface area contributed by atoms with Crippen molar-refractivity contribution in [3.05, 3.63) is 247 Å². The summed E-state index contributed by atoms with van der Waals surface area (Å²) in [6.45, 7) is 28.9. The van der Waals surface area contributed by atoms with E-state index in [9.17, 15) is 53.5 Å². The fourth-order valence-electron chi connectivity index (χ4n) is 16.0. The molecule has 6 unspecified atom stereocenters. The van der Waals surface area contributed by atoms with Crippen LogP contribution in [0.2, 0.25) is 0 Å². The maximum Gasteiger partial charge on any atom is 0.534 e. The number of ether oxygens (including phenoxy) is 2. The Morgan fingerprint density at radius 3 is 1.07 bits per heavy atom. The molecule has 1 saturated heterocycles. The Kier molecular flexibility index (Phi) is 31.2. The second-order valence-electron chi connectivity index (χ2n) is 35.0. The van der Waals surface area contributed by atoms with Crippen molar-refractivity contribution in [1.29, 1.82) is 0 Å². The van der Waals surface area contributed by atoms with E-state index in [-0.39, 0.29) is 95.4 Å². The third kappa shape index (κ3) is 23.9. The number of carboxylic acids is 1. The zero-order valence-corrected chi connectivity index (χ0v) is 75.7. The van der Waals surface area contributed by atoms with Crippen LogP contribution in [0, 0.1) is 52.4 Å².